The van der Waals surface area contributed by atoms with Crippen molar-refractivity contribution in [3.05, 3.63) is 0 Å². The molecule has 0 rings (SSSR count). The molecule has 0 heterocycles. The molecule has 0 aromatic heterocycles. The van der Waals surface area contributed by atoms with Crippen LogP contribution in [0.2, 0.25) is 0 Å². The van der Waals surface area contributed by atoms with Gasteiger partial charge in [0, 0.05) is 12.6 Å². The van der Waals surface area contributed by atoms with E-state index < -0.39 is 0 Å². The third-order valence-electron chi connectivity index (χ3n) is 1.63. The lowest BCUT2D eigenvalue weighted by Crippen LogP contribution is -2.34. The molecule has 1 atom stereocenters. The Labute approximate surface area is 69.9 Å². The largest absolute Gasteiger partial charge is 0.329 e. The molecule has 0 bridgehead atoms. The first-order valence-corrected chi connectivity index (χ1v) is 4.25. The Morgan fingerprint density at radius 2 is 2.09 bits per heavy atom. The average molecular weight is 159 g/mol. The summed E-state index contributed by atoms with van der Waals surface area (Å²) in [6, 6.07) is 0.456. The number of hydrogen-bond acceptors (Lipinski definition) is 3. The highest BCUT2D eigenvalue weighted by molar-refractivity contribution is 4.60. The Morgan fingerprint density at radius 1 is 1.45 bits per heavy atom. The number of rotatable bonds is 6. The molecule has 3 N–H and O–H groups in total. The van der Waals surface area contributed by atoms with Crippen molar-refractivity contribution >= 4 is 0 Å². The molecular weight excluding hydrogens is 138 g/mol. The van der Waals surface area contributed by atoms with Crippen molar-refractivity contribution < 1.29 is 0 Å². The molecule has 3 nitrogen and oxygen atoms in total. The average Bonchev–Trinajstić information content (AvgIpc) is 1.97. The maximum atomic E-state index is 5.44. The van der Waals surface area contributed by atoms with Gasteiger partial charge in [-0.15, -0.1) is 0 Å². The topological polar surface area (TPSA) is 41.3 Å². The van der Waals surface area contributed by atoms with Crippen LogP contribution in [0.1, 0.15) is 13.3 Å². The second-order valence-corrected chi connectivity index (χ2v) is 3.25. The monoisotopic (exact) mass is 159 g/mol. The lowest BCUT2D eigenvalue weighted by molar-refractivity contribution is 0.388. The fourth-order valence-corrected chi connectivity index (χ4v) is 0.827. The predicted molar refractivity (Wildman–Crippen MR) is 49.7 cm³/mol. The molecule has 0 aliphatic carbocycles. The van der Waals surface area contributed by atoms with Crippen LogP contribution in [0.25, 0.3) is 0 Å². The molecule has 0 aromatic rings. The Balaban J connectivity index is 3.01. The second kappa shape index (κ2) is 6.58. The van der Waals surface area contributed by atoms with Gasteiger partial charge in [-0.25, -0.2) is 0 Å². The number of hydrogen-bond donors (Lipinski definition) is 2. The van der Waals surface area contributed by atoms with Gasteiger partial charge >= 0.3 is 0 Å². The van der Waals surface area contributed by atoms with E-state index in [0.29, 0.717) is 6.04 Å². The van der Waals surface area contributed by atoms with E-state index in [2.05, 4.69) is 31.2 Å². The first-order chi connectivity index (χ1) is 5.16. The summed E-state index contributed by atoms with van der Waals surface area (Å²) >= 11 is 0. The molecule has 0 radical (unpaired) electrons. The first kappa shape index (κ1) is 10.9. The molecule has 0 fully saturated rings. The lowest BCUT2D eigenvalue weighted by Gasteiger charge is -2.13. The summed E-state index contributed by atoms with van der Waals surface area (Å²) in [6.45, 7) is 5.04. The van der Waals surface area contributed by atoms with E-state index >= 15 is 0 Å². The van der Waals surface area contributed by atoms with Crippen molar-refractivity contribution in [3.8, 4) is 0 Å². The Hall–Kier alpha value is -0.120. The van der Waals surface area contributed by atoms with Crippen molar-refractivity contribution in [1.82, 2.24) is 10.2 Å². The minimum atomic E-state index is 0.456. The summed E-state index contributed by atoms with van der Waals surface area (Å²) in [6.07, 6.45) is 1.19. The Bertz CT molecular complexity index is 83.4. The van der Waals surface area contributed by atoms with Gasteiger partial charge in [-0.05, 0) is 40.5 Å². The number of nitrogens with two attached hydrogens (primary N) is 1. The minimum absolute atomic E-state index is 0.456. The number of nitrogens with one attached hydrogen (secondary N) is 1. The minimum Gasteiger partial charge on any atom is -0.329 e. The van der Waals surface area contributed by atoms with Gasteiger partial charge in [-0.1, -0.05) is 0 Å². The van der Waals surface area contributed by atoms with Crippen LogP contribution in [-0.2, 0) is 0 Å². The summed E-state index contributed by atoms with van der Waals surface area (Å²) in [7, 11) is 4.18. The standard InChI is InChI=1S/C8H21N3/c1-8(7-9)10-5-4-6-11(2)3/h8,10H,4-7,9H2,1-3H3. The SMILES string of the molecule is CC(CN)NCCCN(C)C. The Morgan fingerprint density at radius 3 is 2.55 bits per heavy atom. The van der Waals surface area contributed by atoms with Gasteiger partial charge in [0.25, 0.3) is 0 Å². The van der Waals surface area contributed by atoms with E-state index in [1.807, 2.05) is 0 Å². The number of nitrogens with zero attached hydrogens (tertiary/aromatic N) is 1. The van der Waals surface area contributed by atoms with Gasteiger partial charge in [-0.3, -0.25) is 0 Å². The summed E-state index contributed by atoms with van der Waals surface area (Å²) < 4.78 is 0. The Kier molecular flexibility index (Phi) is 6.51. The van der Waals surface area contributed by atoms with Crippen LogP contribution in [0.3, 0.4) is 0 Å². The van der Waals surface area contributed by atoms with Crippen molar-refractivity contribution in [2.45, 2.75) is 19.4 Å². The summed E-state index contributed by atoms with van der Waals surface area (Å²) in [5.41, 5.74) is 5.44. The summed E-state index contributed by atoms with van der Waals surface area (Å²) in [5.74, 6) is 0. The normalized spacial score (nSPS) is 13.9. The van der Waals surface area contributed by atoms with Crippen LogP contribution < -0.4 is 11.1 Å². The maximum Gasteiger partial charge on any atom is 0.0161 e. The van der Waals surface area contributed by atoms with Gasteiger partial charge in [-0.2, -0.15) is 0 Å². The molecule has 0 saturated carbocycles. The maximum absolute atomic E-state index is 5.44. The molecule has 0 aliphatic rings. The molecule has 3 heteroatoms. The summed E-state index contributed by atoms with van der Waals surface area (Å²) in [4.78, 5) is 2.19. The lowest BCUT2D eigenvalue weighted by atomic mass is 10.3. The molecule has 1 unspecified atom stereocenters. The molecule has 0 aromatic carbocycles. The third-order valence-corrected chi connectivity index (χ3v) is 1.63. The van der Waals surface area contributed by atoms with E-state index in [4.69, 9.17) is 5.73 Å². The van der Waals surface area contributed by atoms with Crippen LogP contribution in [0.4, 0.5) is 0 Å². The van der Waals surface area contributed by atoms with Crippen LogP contribution in [0.15, 0.2) is 0 Å². The molecule has 0 aliphatic heterocycles. The van der Waals surface area contributed by atoms with Crippen molar-refractivity contribution in [3.63, 3.8) is 0 Å². The molecule has 0 amide bonds. The van der Waals surface area contributed by atoms with Crippen molar-refractivity contribution in [2.75, 3.05) is 33.7 Å². The van der Waals surface area contributed by atoms with Crippen molar-refractivity contribution in [1.29, 1.82) is 0 Å². The summed E-state index contributed by atoms with van der Waals surface area (Å²) in [5, 5.41) is 3.34. The van der Waals surface area contributed by atoms with Crippen LogP contribution >= 0.6 is 0 Å². The molecule has 11 heavy (non-hydrogen) atoms. The van der Waals surface area contributed by atoms with E-state index in [0.717, 1.165) is 19.6 Å². The predicted octanol–water partition coefficient (Wildman–Crippen LogP) is -0.125. The third kappa shape index (κ3) is 7.78. The highest BCUT2D eigenvalue weighted by Gasteiger charge is 1.96. The zero-order valence-electron chi connectivity index (χ0n) is 7.93. The van der Waals surface area contributed by atoms with Crippen LogP contribution in [-0.4, -0.2) is 44.7 Å². The van der Waals surface area contributed by atoms with E-state index in [1.165, 1.54) is 6.42 Å². The van der Waals surface area contributed by atoms with Gasteiger partial charge in [0.1, 0.15) is 0 Å². The highest BCUT2D eigenvalue weighted by Crippen LogP contribution is 1.82. The molecule has 0 saturated heterocycles. The zero-order chi connectivity index (χ0) is 8.69. The van der Waals surface area contributed by atoms with E-state index in [1.54, 1.807) is 0 Å². The first-order valence-electron chi connectivity index (χ1n) is 4.25. The quantitative estimate of drug-likeness (QED) is 0.531. The fourth-order valence-electron chi connectivity index (χ4n) is 0.827. The van der Waals surface area contributed by atoms with Gasteiger partial charge < -0.3 is 16.0 Å². The second-order valence-electron chi connectivity index (χ2n) is 3.25. The highest BCUT2D eigenvalue weighted by atomic mass is 15.1. The van der Waals surface area contributed by atoms with Crippen LogP contribution in [0.5, 0.6) is 0 Å². The molecular formula is C8H21N3. The smallest absolute Gasteiger partial charge is 0.0161 e. The zero-order valence-corrected chi connectivity index (χ0v) is 7.93. The van der Waals surface area contributed by atoms with Crippen molar-refractivity contribution in [2.24, 2.45) is 5.73 Å². The van der Waals surface area contributed by atoms with Gasteiger partial charge in [0.05, 0.1) is 0 Å². The van der Waals surface area contributed by atoms with Gasteiger partial charge in [0.15, 0.2) is 0 Å². The van der Waals surface area contributed by atoms with Crippen LogP contribution in [0, 0.1) is 0 Å². The van der Waals surface area contributed by atoms with E-state index in [9.17, 15) is 0 Å². The fraction of sp³-hybridized carbons (Fsp3) is 1.00. The van der Waals surface area contributed by atoms with E-state index in [-0.39, 0.29) is 0 Å². The van der Waals surface area contributed by atoms with Gasteiger partial charge in [0.2, 0.25) is 0 Å². The molecule has 68 valence electrons. The molecule has 0 spiro atoms.